The van der Waals surface area contributed by atoms with Gasteiger partial charge in [0, 0.05) is 6.54 Å². The highest BCUT2D eigenvalue weighted by Gasteiger charge is 2.31. The van der Waals surface area contributed by atoms with Crippen LogP contribution in [0, 0.1) is 11.3 Å². The van der Waals surface area contributed by atoms with E-state index in [0.29, 0.717) is 12.1 Å². The van der Waals surface area contributed by atoms with E-state index < -0.39 is 36.1 Å². The van der Waals surface area contributed by atoms with Crippen LogP contribution in [0.1, 0.15) is 58.6 Å². The number of alkyl carbamates (subject to hydrolysis) is 1. The molecule has 9 heteroatoms. The molecule has 3 N–H and O–H groups in total. The van der Waals surface area contributed by atoms with Gasteiger partial charge in [0.15, 0.2) is 0 Å². The van der Waals surface area contributed by atoms with Crippen molar-refractivity contribution < 1.29 is 24.2 Å². The lowest BCUT2D eigenvalue weighted by molar-refractivity contribution is -0.139. The van der Waals surface area contributed by atoms with E-state index in [1.807, 2.05) is 13.0 Å². The van der Waals surface area contributed by atoms with E-state index in [1.165, 1.54) is 24.3 Å². The summed E-state index contributed by atoms with van der Waals surface area (Å²) in [6, 6.07) is 6.65. The van der Waals surface area contributed by atoms with Gasteiger partial charge in [-0.15, -0.1) is 0 Å². The van der Waals surface area contributed by atoms with E-state index in [-0.39, 0.29) is 12.3 Å². The third kappa shape index (κ3) is 9.38. The minimum Gasteiger partial charge on any atom is -0.508 e. The van der Waals surface area contributed by atoms with E-state index in [2.05, 4.69) is 10.6 Å². The summed E-state index contributed by atoms with van der Waals surface area (Å²) in [5, 5.41) is 24.0. The Labute approximate surface area is 183 Å². The normalized spacial score (nSPS) is 11.7. The summed E-state index contributed by atoms with van der Waals surface area (Å²) in [6.07, 6.45) is 1.96. The molecule has 0 spiro atoms. The van der Waals surface area contributed by atoms with Crippen LogP contribution in [-0.4, -0.2) is 53.1 Å². The zero-order valence-corrected chi connectivity index (χ0v) is 18.6. The summed E-state index contributed by atoms with van der Waals surface area (Å²) < 4.78 is 5.12. The maximum absolute atomic E-state index is 12.9. The lowest BCUT2D eigenvalue weighted by Crippen LogP contribution is -2.48. The van der Waals surface area contributed by atoms with Crippen LogP contribution in [0.2, 0.25) is 0 Å². The van der Waals surface area contributed by atoms with E-state index >= 15 is 0 Å². The number of carbonyl (C=O) groups is 3. The number of aromatic hydroxyl groups is 1. The molecule has 1 unspecified atom stereocenters. The Hall–Kier alpha value is -3.28. The van der Waals surface area contributed by atoms with Crippen molar-refractivity contribution in [2.24, 2.45) is 0 Å². The highest BCUT2D eigenvalue weighted by atomic mass is 16.6. The van der Waals surface area contributed by atoms with Crippen LogP contribution in [0.4, 0.5) is 4.79 Å². The summed E-state index contributed by atoms with van der Waals surface area (Å²) in [4.78, 5) is 38.8. The number of ether oxygens (including phenoxy) is 1. The van der Waals surface area contributed by atoms with Gasteiger partial charge in [-0.3, -0.25) is 9.59 Å². The van der Waals surface area contributed by atoms with Crippen molar-refractivity contribution in [3.8, 4) is 11.8 Å². The van der Waals surface area contributed by atoms with Crippen LogP contribution in [0.25, 0.3) is 0 Å². The molecule has 170 valence electrons. The number of unbranched alkanes of at least 4 members (excludes halogenated alkanes) is 2. The van der Waals surface area contributed by atoms with Crippen LogP contribution in [0.3, 0.4) is 0 Å². The monoisotopic (exact) mass is 432 g/mol. The number of rotatable bonds is 10. The predicted molar refractivity (Wildman–Crippen MR) is 115 cm³/mol. The Balaban J connectivity index is 3.04. The van der Waals surface area contributed by atoms with Gasteiger partial charge in [-0.25, -0.2) is 4.79 Å². The standard InChI is InChI=1S/C22H32N4O5/c1-5-6-7-13-24-20(29)19(16-8-10-17(27)11-9-16)26(14-12-23)18(28)15-25-21(30)31-22(2,3)4/h8-11,19,27H,5-7,13-15H2,1-4H3,(H,24,29)(H,25,30). The molecule has 0 bridgehead atoms. The van der Waals surface area contributed by atoms with Crippen molar-refractivity contribution in [1.82, 2.24) is 15.5 Å². The topological polar surface area (TPSA) is 132 Å². The fourth-order valence-electron chi connectivity index (χ4n) is 2.78. The Morgan fingerprint density at radius 1 is 1.16 bits per heavy atom. The average Bonchev–Trinajstić information content (AvgIpc) is 2.69. The Morgan fingerprint density at radius 3 is 2.35 bits per heavy atom. The van der Waals surface area contributed by atoms with Crippen molar-refractivity contribution in [1.29, 1.82) is 5.26 Å². The maximum Gasteiger partial charge on any atom is 0.408 e. The van der Waals surface area contributed by atoms with Crippen LogP contribution < -0.4 is 10.6 Å². The van der Waals surface area contributed by atoms with E-state index in [1.54, 1.807) is 20.8 Å². The minimum absolute atomic E-state index is 0.00982. The molecule has 9 nitrogen and oxygen atoms in total. The van der Waals surface area contributed by atoms with Gasteiger partial charge in [-0.05, 0) is 44.9 Å². The Kier molecular flexibility index (Phi) is 10.3. The first kappa shape index (κ1) is 25.8. The number of carbonyl (C=O) groups excluding carboxylic acids is 3. The van der Waals surface area contributed by atoms with Gasteiger partial charge in [0.05, 0.1) is 6.07 Å². The molecule has 1 aromatic rings. The smallest absolute Gasteiger partial charge is 0.408 e. The highest BCUT2D eigenvalue weighted by Crippen LogP contribution is 2.23. The van der Waals surface area contributed by atoms with Gasteiger partial charge in [0.2, 0.25) is 11.8 Å². The first-order chi connectivity index (χ1) is 14.6. The van der Waals surface area contributed by atoms with E-state index in [4.69, 9.17) is 4.74 Å². The molecule has 0 saturated heterocycles. The molecular weight excluding hydrogens is 400 g/mol. The molecular formula is C22H32N4O5. The molecule has 0 heterocycles. The molecule has 0 aliphatic carbocycles. The van der Waals surface area contributed by atoms with Gasteiger partial charge >= 0.3 is 6.09 Å². The first-order valence-electron chi connectivity index (χ1n) is 10.3. The van der Waals surface area contributed by atoms with Gasteiger partial charge in [-0.1, -0.05) is 31.9 Å². The SMILES string of the molecule is CCCCCNC(=O)C(c1ccc(O)cc1)N(CC#N)C(=O)CNC(=O)OC(C)(C)C. The molecule has 0 aliphatic heterocycles. The zero-order valence-electron chi connectivity index (χ0n) is 18.6. The summed E-state index contributed by atoms with van der Waals surface area (Å²) in [5.41, 5.74) is -0.293. The second-order valence-corrected chi connectivity index (χ2v) is 8.03. The number of nitrogens with zero attached hydrogens (tertiary/aromatic N) is 2. The molecule has 0 aliphatic rings. The molecule has 1 aromatic carbocycles. The van der Waals surface area contributed by atoms with Crippen molar-refractivity contribution in [3.63, 3.8) is 0 Å². The zero-order chi connectivity index (χ0) is 23.4. The second-order valence-electron chi connectivity index (χ2n) is 8.03. The van der Waals surface area contributed by atoms with Gasteiger partial charge in [0.1, 0.15) is 30.5 Å². The summed E-state index contributed by atoms with van der Waals surface area (Å²) in [6.45, 7) is 6.77. The number of hydrogen-bond acceptors (Lipinski definition) is 6. The first-order valence-corrected chi connectivity index (χ1v) is 10.3. The maximum atomic E-state index is 12.9. The summed E-state index contributed by atoms with van der Waals surface area (Å²) in [5.74, 6) is -1.05. The Morgan fingerprint density at radius 2 is 1.81 bits per heavy atom. The number of nitriles is 1. The lowest BCUT2D eigenvalue weighted by Gasteiger charge is -2.29. The van der Waals surface area contributed by atoms with Crippen molar-refractivity contribution in [3.05, 3.63) is 29.8 Å². The molecule has 0 aromatic heterocycles. The van der Waals surface area contributed by atoms with Crippen molar-refractivity contribution >= 4 is 17.9 Å². The second kappa shape index (κ2) is 12.4. The molecule has 0 saturated carbocycles. The van der Waals surface area contributed by atoms with Crippen molar-refractivity contribution in [2.45, 2.75) is 58.6 Å². The minimum atomic E-state index is -1.09. The predicted octanol–water partition coefficient (Wildman–Crippen LogP) is 2.62. The van der Waals surface area contributed by atoms with Gasteiger partial charge in [-0.2, -0.15) is 5.26 Å². The number of hydrogen-bond donors (Lipinski definition) is 3. The van der Waals surface area contributed by atoms with Crippen LogP contribution >= 0.6 is 0 Å². The molecule has 0 radical (unpaired) electrons. The fraction of sp³-hybridized carbons (Fsp3) is 0.545. The number of phenolic OH excluding ortho intramolecular Hbond substituents is 1. The fourth-order valence-corrected chi connectivity index (χ4v) is 2.78. The number of benzene rings is 1. The van der Waals surface area contributed by atoms with Crippen molar-refractivity contribution in [2.75, 3.05) is 19.6 Å². The largest absolute Gasteiger partial charge is 0.508 e. The Bertz CT molecular complexity index is 781. The molecule has 0 fully saturated rings. The summed E-state index contributed by atoms with van der Waals surface area (Å²) in [7, 11) is 0. The third-order valence-electron chi connectivity index (χ3n) is 4.19. The lowest BCUT2D eigenvalue weighted by atomic mass is 10.0. The van der Waals surface area contributed by atoms with Gasteiger partial charge < -0.3 is 25.4 Å². The number of phenols is 1. The molecule has 31 heavy (non-hydrogen) atoms. The van der Waals surface area contributed by atoms with E-state index in [0.717, 1.165) is 24.2 Å². The van der Waals surface area contributed by atoms with E-state index in [9.17, 15) is 24.8 Å². The molecule has 3 amide bonds. The number of amides is 3. The van der Waals surface area contributed by atoms with Crippen LogP contribution in [-0.2, 0) is 14.3 Å². The van der Waals surface area contributed by atoms with Crippen LogP contribution in [0.5, 0.6) is 5.75 Å². The van der Waals surface area contributed by atoms with Gasteiger partial charge in [0.25, 0.3) is 0 Å². The third-order valence-corrected chi connectivity index (χ3v) is 4.19. The molecule has 1 atom stereocenters. The highest BCUT2D eigenvalue weighted by molar-refractivity contribution is 5.90. The summed E-state index contributed by atoms with van der Waals surface area (Å²) >= 11 is 0. The average molecular weight is 433 g/mol. The van der Waals surface area contributed by atoms with Crippen LogP contribution in [0.15, 0.2) is 24.3 Å². The quantitative estimate of drug-likeness (QED) is 0.385. The number of nitrogens with one attached hydrogen (secondary N) is 2. The molecule has 1 rings (SSSR count).